The lowest BCUT2D eigenvalue weighted by Gasteiger charge is -2.16. The van der Waals surface area contributed by atoms with Crippen LogP contribution >= 0.6 is 0 Å². The summed E-state index contributed by atoms with van der Waals surface area (Å²) < 4.78 is 0. The van der Waals surface area contributed by atoms with E-state index in [0.29, 0.717) is 5.69 Å². The van der Waals surface area contributed by atoms with Crippen molar-refractivity contribution < 1.29 is 0 Å². The number of fused-ring (bicyclic) bond motifs is 3. The Morgan fingerprint density at radius 2 is 2.21 bits per heavy atom. The van der Waals surface area contributed by atoms with E-state index in [1.54, 1.807) is 25.7 Å². The number of anilines is 1. The topological polar surface area (TPSA) is 119 Å². The van der Waals surface area contributed by atoms with Crippen molar-refractivity contribution in [2.45, 2.75) is 12.8 Å². The first kappa shape index (κ1) is 18.9. The number of aromatic nitrogens is 3. The van der Waals surface area contributed by atoms with Crippen LogP contribution in [0.5, 0.6) is 0 Å². The molecule has 1 aliphatic rings. The van der Waals surface area contributed by atoms with E-state index >= 15 is 0 Å². The van der Waals surface area contributed by atoms with Gasteiger partial charge in [-0.2, -0.15) is 5.26 Å². The molecule has 0 bridgehead atoms. The number of rotatable bonds is 6. The van der Waals surface area contributed by atoms with Crippen LogP contribution in [0.3, 0.4) is 0 Å². The van der Waals surface area contributed by atoms with E-state index in [0.717, 1.165) is 64.9 Å². The Balaban J connectivity index is 1.78. The summed E-state index contributed by atoms with van der Waals surface area (Å²) in [6, 6.07) is 4.24. The Hall–Kier alpha value is -3.44. The zero-order chi connectivity index (χ0) is 20.2. The maximum atomic E-state index is 9.62. The number of nitriles is 1. The van der Waals surface area contributed by atoms with Crippen molar-refractivity contribution in [3.05, 3.63) is 35.9 Å². The number of nitrogens with one attached hydrogen (secondary N) is 2. The van der Waals surface area contributed by atoms with E-state index in [9.17, 15) is 5.26 Å². The van der Waals surface area contributed by atoms with Gasteiger partial charge in [-0.3, -0.25) is 4.99 Å². The highest BCUT2D eigenvalue weighted by Gasteiger charge is 2.17. The molecule has 0 atom stereocenters. The standard InChI is InChI=1S/C21H24N8/c1-24-11-15(9-22)14-8-16-19-18(28-21(16)27-12-14)13-26-17(10-23)20(19)25-4-7-29-5-2-3-6-29/h8-9,11-13,25H,2-7,22H2,1H3,(H,27,28). The van der Waals surface area contributed by atoms with Gasteiger partial charge >= 0.3 is 0 Å². The highest BCUT2D eigenvalue weighted by atomic mass is 15.2. The fourth-order valence-corrected chi connectivity index (χ4v) is 3.88. The van der Waals surface area contributed by atoms with Crippen molar-refractivity contribution in [3.8, 4) is 6.07 Å². The number of aromatic amines is 1. The monoisotopic (exact) mass is 388 g/mol. The summed E-state index contributed by atoms with van der Waals surface area (Å²) in [6.07, 6.45) is 9.19. The van der Waals surface area contributed by atoms with Crippen molar-refractivity contribution >= 4 is 39.4 Å². The third-order valence-corrected chi connectivity index (χ3v) is 5.30. The van der Waals surface area contributed by atoms with Crippen molar-refractivity contribution in [3.63, 3.8) is 0 Å². The third kappa shape index (κ3) is 3.65. The summed E-state index contributed by atoms with van der Waals surface area (Å²) in [5, 5.41) is 14.9. The van der Waals surface area contributed by atoms with Crippen molar-refractivity contribution in [2.24, 2.45) is 10.7 Å². The molecule has 148 valence electrons. The zero-order valence-electron chi connectivity index (χ0n) is 16.4. The maximum absolute atomic E-state index is 9.62. The minimum absolute atomic E-state index is 0.384. The number of aliphatic imine (C=N–C) groups is 1. The Kier molecular flexibility index (Phi) is 5.40. The fraction of sp³-hybridized carbons (Fsp3) is 0.333. The van der Waals surface area contributed by atoms with Crippen LogP contribution in [-0.4, -0.2) is 59.3 Å². The summed E-state index contributed by atoms with van der Waals surface area (Å²) in [5.41, 5.74) is 10.1. The van der Waals surface area contributed by atoms with Gasteiger partial charge < -0.3 is 20.9 Å². The van der Waals surface area contributed by atoms with Gasteiger partial charge in [0.05, 0.1) is 17.4 Å². The van der Waals surface area contributed by atoms with E-state index in [4.69, 9.17) is 5.73 Å². The van der Waals surface area contributed by atoms with Gasteiger partial charge in [0.2, 0.25) is 0 Å². The molecule has 4 rings (SSSR count). The second kappa shape index (κ2) is 8.29. The van der Waals surface area contributed by atoms with Crippen LogP contribution in [0.4, 0.5) is 5.69 Å². The first-order valence-electron chi connectivity index (χ1n) is 9.76. The van der Waals surface area contributed by atoms with Crippen molar-refractivity contribution in [1.82, 2.24) is 19.9 Å². The summed E-state index contributed by atoms with van der Waals surface area (Å²) in [5.74, 6) is 0. The summed E-state index contributed by atoms with van der Waals surface area (Å²) >= 11 is 0. The van der Waals surface area contributed by atoms with Crippen LogP contribution in [-0.2, 0) is 0 Å². The molecule has 0 saturated carbocycles. The molecule has 3 aromatic rings. The first-order chi connectivity index (χ1) is 14.2. The molecule has 4 N–H and O–H groups in total. The molecule has 8 nitrogen and oxygen atoms in total. The number of nitrogens with zero attached hydrogens (tertiary/aromatic N) is 5. The fourth-order valence-electron chi connectivity index (χ4n) is 3.88. The van der Waals surface area contributed by atoms with Crippen LogP contribution in [0.2, 0.25) is 0 Å². The van der Waals surface area contributed by atoms with Crippen molar-refractivity contribution in [2.75, 3.05) is 38.5 Å². The molecule has 0 unspecified atom stereocenters. The molecular formula is C21H24N8. The van der Waals surface area contributed by atoms with Gasteiger partial charge in [0.1, 0.15) is 11.7 Å². The Morgan fingerprint density at radius 3 is 2.93 bits per heavy atom. The molecule has 1 aliphatic heterocycles. The normalized spacial score (nSPS) is 15.5. The van der Waals surface area contributed by atoms with Crippen LogP contribution in [0, 0.1) is 11.3 Å². The largest absolute Gasteiger partial charge is 0.404 e. The van der Waals surface area contributed by atoms with E-state index in [2.05, 4.69) is 36.2 Å². The van der Waals surface area contributed by atoms with Gasteiger partial charge in [0.25, 0.3) is 0 Å². The van der Waals surface area contributed by atoms with E-state index in [-0.39, 0.29) is 0 Å². The molecule has 29 heavy (non-hydrogen) atoms. The predicted molar refractivity (Wildman–Crippen MR) is 117 cm³/mol. The van der Waals surface area contributed by atoms with Gasteiger partial charge in [-0.05, 0) is 32.0 Å². The molecule has 4 heterocycles. The van der Waals surface area contributed by atoms with Crippen molar-refractivity contribution in [1.29, 1.82) is 5.26 Å². The second-order valence-electron chi connectivity index (χ2n) is 7.11. The molecule has 3 aromatic heterocycles. The van der Waals surface area contributed by atoms with Gasteiger partial charge in [-0.15, -0.1) is 0 Å². The number of pyridine rings is 2. The van der Waals surface area contributed by atoms with E-state index < -0.39 is 0 Å². The minimum Gasteiger partial charge on any atom is -0.404 e. The van der Waals surface area contributed by atoms with E-state index in [1.807, 2.05) is 6.07 Å². The number of hydrogen-bond donors (Lipinski definition) is 3. The lowest BCUT2D eigenvalue weighted by atomic mass is 10.1. The average molecular weight is 388 g/mol. The first-order valence-corrected chi connectivity index (χ1v) is 9.76. The van der Waals surface area contributed by atoms with Gasteiger partial charge in [-0.25, -0.2) is 9.97 Å². The molecule has 1 fully saturated rings. The molecule has 0 spiro atoms. The van der Waals surface area contributed by atoms with Crippen LogP contribution in [0.25, 0.3) is 27.5 Å². The summed E-state index contributed by atoms with van der Waals surface area (Å²) in [4.78, 5) is 18.7. The molecule has 0 radical (unpaired) electrons. The van der Waals surface area contributed by atoms with Crippen LogP contribution < -0.4 is 11.1 Å². The molecule has 0 aromatic carbocycles. The molecule has 8 heteroatoms. The SMILES string of the molecule is CN=CC(=CN)c1cnc2[nH]c3cnc(C#N)c(NCCN4CCCC4)c3c2c1. The lowest BCUT2D eigenvalue weighted by molar-refractivity contribution is 0.353. The zero-order valence-corrected chi connectivity index (χ0v) is 16.4. The predicted octanol–water partition coefficient (Wildman–Crippen LogP) is 2.49. The van der Waals surface area contributed by atoms with E-state index in [1.165, 1.54) is 19.0 Å². The number of likely N-dealkylation sites (tertiary alicyclic amines) is 1. The minimum atomic E-state index is 0.384. The van der Waals surface area contributed by atoms with Crippen LogP contribution in [0.15, 0.2) is 29.7 Å². The highest BCUT2D eigenvalue weighted by Crippen LogP contribution is 2.33. The van der Waals surface area contributed by atoms with Gasteiger partial charge in [-0.1, -0.05) is 0 Å². The van der Waals surface area contributed by atoms with Gasteiger partial charge in [0.15, 0.2) is 5.69 Å². The molecular weight excluding hydrogens is 364 g/mol. The smallest absolute Gasteiger partial charge is 0.164 e. The summed E-state index contributed by atoms with van der Waals surface area (Å²) in [6.45, 7) is 3.98. The Morgan fingerprint density at radius 1 is 1.38 bits per heavy atom. The lowest BCUT2D eigenvalue weighted by Crippen LogP contribution is -2.26. The summed E-state index contributed by atoms with van der Waals surface area (Å²) in [7, 11) is 1.70. The molecule has 0 aliphatic carbocycles. The highest BCUT2D eigenvalue weighted by molar-refractivity contribution is 6.15. The number of allylic oxidation sites excluding steroid dienone is 1. The van der Waals surface area contributed by atoms with Gasteiger partial charge in [0, 0.05) is 60.7 Å². The maximum Gasteiger partial charge on any atom is 0.164 e. The molecule has 0 amide bonds. The van der Waals surface area contributed by atoms with Crippen LogP contribution in [0.1, 0.15) is 24.1 Å². The second-order valence-corrected chi connectivity index (χ2v) is 7.11. The molecule has 1 saturated heterocycles. The third-order valence-electron chi connectivity index (χ3n) is 5.30. The Bertz CT molecular complexity index is 1130. The number of H-pyrrole nitrogens is 1. The number of nitrogens with two attached hydrogens (primary N) is 1. The number of hydrogen-bond acceptors (Lipinski definition) is 7. The average Bonchev–Trinajstić information content (AvgIpc) is 3.39. The quantitative estimate of drug-likeness (QED) is 0.558. The Labute approximate surface area is 169 Å².